The van der Waals surface area contributed by atoms with Gasteiger partial charge in [0, 0.05) is 32.3 Å². The maximum Gasteiger partial charge on any atom is 0.407 e. The second kappa shape index (κ2) is 10.9. The molecule has 11 heteroatoms. The Hall–Kier alpha value is -2.46. The molecule has 2 rings (SSSR count). The smallest absolute Gasteiger partial charge is 0.407 e. The fourth-order valence-electron chi connectivity index (χ4n) is 3.45. The summed E-state index contributed by atoms with van der Waals surface area (Å²) in [5.41, 5.74) is -0.254. The summed E-state index contributed by atoms with van der Waals surface area (Å²) in [5, 5.41) is 8.89. The number of aromatic nitrogens is 1. The zero-order valence-corrected chi connectivity index (χ0v) is 20.5. The second-order valence-electron chi connectivity index (χ2n) is 8.92. The summed E-state index contributed by atoms with van der Waals surface area (Å²) in [5.74, 6) is -0.775. The van der Waals surface area contributed by atoms with Gasteiger partial charge >= 0.3 is 6.09 Å². The number of alkyl carbamates (subject to hydrolysis) is 1. The molecular formula is C21H30ClN5O4S. The largest absolute Gasteiger partial charge is 0.444 e. The number of nitrogens with one attached hydrogen (secondary N) is 3. The standard InChI is InChI=1S/C21H30ClN5O4S/c1-21(2,3)31-20(30)26-16-8-12(19(29)27(4)5)6-7-15(16)25-18(32)17(28)24-14-9-13(22)10-23-11-14/h9-12,15-16H,6-8H2,1-5H3,(H,24,28)(H,25,32)(H,26,30)/t12-,15-,16+/m0/s1. The van der Waals surface area contributed by atoms with Crippen molar-refractivity contribution in [3.63, 3.8) is 0 Å². The molecule has 3 atom stereocenters. The minimum Gasteiger partial charge on any atom is -0.444 e. The fourth-order valence-corrected chi connectivity index (χ4v) is 3.83. The Morgan fingerprint density at radius 2 is 1.84 bits per heavy atom. The molecule has 1 heterocycles. The summed E-state index contributed by atoms with van der Waals surface area (Å²) in [6, 6.07) is 0.760. The van der Waals surface area contributed by atoms with Gasteiger partial charge in [-0.05, 0) is 46.1 Å². The third kappa shape index (κ3) is 7.90. The normalized spacial score (nSPS) is 20.6. The van der Waals surface area contributed by atoms with Crippen LogP contribution in [0, 0.1) is 5.92 Å². The first-order valence-electron chi connectivity index (χ1n) is 10.3. The lowest BCUT2D eigenvalue weighted by atomic mass is 9.81. The number of amides is 3. The molecule has 0 spiro atoms. The molecule has 176 valence electrons. The predicted molar refractivity (Wildman–Crippen MR) is 127 cm³/mol. The number of thiocarbonyl (C=S) groups is 1. The minimum absolute atomic E-state index is 0.00628. The van der Waals surface area contributed by atoms with Gasteiger partial charge in [0.2, 0.25) is 5.91 Å². The van der Waals surface area contributed by atoms with Crippen LogP contribution < -0.4 is 16.0 Å². The Balaban J connectivity index is 2.08. The highest BCUT2D eigenvalue weighted by Crippen LogP contribution is 2.27. The van der Waals surface area contributed by atoms with Gasteiger partial charge in [0.15, 0.2) is 4.99 Å². The first-order valence-corrected chi connectivity index (χ1v) is 11.1. The number of carbonyl (C=O) groups is 3. The first kappa shape index (κ1) is 25.8. The highest BCUT2D eigenvalue weighted by atomic mass is 35.5. The van der Waals surface area contributed by atoms with Crippen LogP contribution in [-0.2, 0) is 14.3 Å². The Labute approximate surface area is 198 Å². The Morgan fingerprint density at radius 3 is 2.44 bits per heavy atom. The van der Waals surface area contributed by atoms with Crippen molar-refractivity contribution in [2.75, 3.05) is 19.4 Å². The lowest BCUT2D eigenvalue weighted by Crippen LogP contribution is -2.57. The molecule has 0 bridgehead atoms. The molecule has 3 N–H and O–H groups in total. The van der Waals surface area contributed by atoms with Crippen LogP contribution in [0.3, 0.4) is 0 Å². The van der Waals surface area contributed by atoms with Gasteiger partial charge in [0.05, 0.1) is 22.9 Å². The molecule has 1 saturated carbocycles. The van der Waals surface area contributed by atoms with Crippen LogP contribution in [0.25, 0.3) is 0 Å². The Kier molecular flexibility index (Phi) is 8.80. The molecule has 0 aliphatic heterocycles. The van der Waals surface area contributed by atoms with E-state index in [2.05, 4.69) is 20.9 Å². The van der Waals surface area contributed by atoms with Crippen molar-refractivity contribution in [2.45, 2.75) is 57.7 Å². The van der Waals surface area contributed by atoms with Gasteiger partial charge in [0.1, 0.15) is 5.60 Å². The van der Waals surface area contributed by atoms with E-state index in [9.17, 15) is 14.4 Å². The average Bonchev–Trinajstić information content (AvgIpc) is 2.67. The summed E-state index contributed by atoms with van der Waals surface area (Å²) in [6.45, 7) is 5.31. The molecule has 0 saturated heterocycles. The summed E-state index contributed by atoms with van der Waals surface area (Å²) in [6.07, 6.45) is 3.86. The molecule has 3 amide bonds. The number of hydrogen-bond acceptors (Lipinski definition) is 6. The monoisotopic (exact) mass is 483 g/mol. The molecule has 1 aliphatic rings. The van der Waals surface area contributed by atoms with Gasteiger partial charge in [-0.15, -0.1) is 0 Å². The van der Waals surface area contributed by atoms with E-state index >= 15 is 0 Å². The molecule has 1 aliphatic carbocycles. The minimum atomic E-state index is -0.666. The fraction of sp³-hybridized carbons (Fsp3) is 0.571. The second-order valence-corrected chi connectivity index (χ2v) is 9.77. The van der Waals surface area contributed by atoms with Crippen LogP contribution in [-0.4, -0.2) is 64.6 Å². The first-order chi connectivity index (χ1) is 14.9. The topological polar surface area (TPSA) is 113 Å². The quantitative estimate of drug-likeness (QED) is 0.564. The van der Waals surface area contributed by atoms with Crippen LogP contribution in [0.15, 0.2) is 18.5 Å². The van der Waals surface area contributed by atoms with Crippen molar-refractivity contribution in [2.24, 2.45) is 5.92 Å². The maximum absolute atomic E-state index is 12.5. The molecular weight excluding hydrogens is 454 g/mol. The number of halogens is 1. The highest BCUT2D eigenvalue weighted by molar-refractivity contribution is 7.82. The van der Waals surface area contributed by atoms with E-state index in [1.165, 1.54) is 12.4 Å². The van der Waals surface area contributed by atoms with Crippen molar-refractivity contribution < 1.29 is 19.1 Å². The Bertz CT molecular complexity index is 874. The van der Waals surface area contributed by atoms with Crippen molar-refractivity contribution in [1.82, 2.24) is 20.5 Å². The van der Waals surface area contributed by atoms with E-state index in [4.69, 9.17) is 28.6 Å². The number of nitrogens with zero attached hydrogens (tertiary/aromatic N) is 2. The molecule has 0 radical (unpaired) electrons. The molecule has 9 nitrogen and oxygen atoms in total. The van der Waals surface area contributed by atoms with E-state index in [-0.39, 0.29) is 22.9 Å². The summed E-state index contributed by atoms with van der Waals surface area (Å²) in [7, 11) is 3.40. The van der Waals surface area contributed by atoms with E-state index in [1.807, 2.05) is 0 Å². The van der Waals surface area contributed by atoms with Crippen molar-refractivity contribution in [3.05, 3.63) is 23.5 Å². The zero-order chi connectivity index (χ0) is 24.1. The van der Waals surface area contributed by atoms with Gasteiger partial charge in [-0.25, -0.2) is 4.79 Å². The molecule has 0 unspecified atom stereocenters. The van der Waals surface area contributed by atoms with Gasteiger partial charge < -0.3 is 25.6 Å². The van der Waals surface area contributed by atoms with Crippen molar-refractivity contribution >= 4 is 52.4 Å². The number of pyridine rings is 1. The third-order valence-corrected chi connectivity index (χ3v) is 5.34. The molecule has 1 aromatic heterocycles. The average molecular weight is 484 g/mol. The third-order valence-electron chi connectivity index (χ3n) is 4.83. The molecule has 1 aromatic rings. The van der Waals surface area contributed by atoms with Gasteiger partial charge in [-0.1, -0.05) is 23.8 Å². The van der Waals surface area contributed by atoms with E-state index in [0.717, 1.165) is 0 Å². The number of ether oxygens (including phenoxy) is 1. The van der Waals surface area contributed by atoms with E-state index in [0.29, 0.717) is 30.0 Å². The SMILES string of the molecule is CN(C)C(=O)[C@H]1CC[C@H](NC(=S)C(=O)Nc2cncc(Cl)c2)[C@H](NC(=O)OC(C)(C)C)C1. The summed E-state index contributed by atoms with van der Waals surface area (Å²) < 4.78 is 5.37. The van der Waals surface area contributed by atoms with Crippen LogP contribution in [0.2, 0.25) is 5.02 Å². The maximum atomic E-state index is 12.5. The molecule has 0 aromatic carbocycles. The number of carbonyl (C=O) groups excluding carboxylic acids is 3. The Morgan fingerprint density at radius 1 is 1.16 bits per heavy atom. The van der Waals surface area contributed by atoms with Crippen molar-refractivity contribution in [1.29, 1.82) is 0 Å². The summed E-state index contributed by atoms with van der Waals surface area (Å²) >= 11 is 11.2. The van der Waals surface area contributed by atoms with Crippen LogP contribution in [0.5, 0.6) is 0 Å². The van der Waals surface area contributed by atoms with Crippen LogP contribution >= 0.6 is 23.8 Å². The number of anilines is 1. The highest BCUT2D eigenvalue weighted by Gasteiger charge is 2.37. The van der Waals surface area contributed by atoms with Crippen LogP contribution in [0.1, 0.15) is 40.0 Å². The number of rotatable bonds is 4. The molecule has 1 fully saturated rings. The van der Waals surface area contributed by atoms with Gasteiger partial charge in [-0.3, -0.25) is 14.6 Å². The van der Waals surface area contributed by atoms with Crippen LogP contribution in [0.4, 0.5) is 10.5 Å². The van der Waals surface area contributed by atoms with Gasteiger partial charge in [0.25, 0.3) is 5.91 Å². The lowest BCUT2D eigenvalue weighted by Gasteiger charge is -2.37. The predicted octanol–water partition coefficient (Wildman–Crippen LogP) is 2.74. The van der Waals surface area contributed by atoms with Crippen molar-refractivity contribution in [3.8, 4) is 0 Å². The lowest BCUT2D eigenvalue weighted by molar-refractivity contribution is -0.134. The number of hydrogen-bond donors (Lipinski definition) is 3. The van der Waals surface area contributed by atoms with E-state index < -0.39 is 23.6 Å². The summed E-state index contributed by atoms with van der Waals surface area (Å²) in [4.78, 5) is 42.8. The van der Waals surface area contributed by atoms with Gasteiger partial charge in [-0.2, -0.15) is 0 Å². The van der Waals surface area contributed by atoms with E-state index in [1.54, 1.807) is 45.8 Å². The zero-order valence-electron chi connectivity index (χ0n) is 18.9. The molecule has 32 heavy (non-hydrogen) atoms.